The van der Waals surface area contributed by atoms with Crippen LogP contribution in [0.5, 0.6) is 5.75 Å². The minimum atomic E-state index is -0.257. The van der Waals surface area contributed by atoms with Crippen molar-refractivity contribution in [2.24, 2.45) is 4.99 Å². The van der Waals surface area contributed by atoms with Crippen LogP contribution >= 0.6 is 0 Å². The van der Waals surface area contributed by atoms with Crippen molar-refractivity contribution in [2.75, 3.05) is 11.9 Å². The first-order valence-electron chi connectivity index (χ1n) is 9.46. The molecule has 0 radical (unpaired) electrons. The highest BCUT2D eigenvalue weighted by molar-refractivity contribution is 6.09. The van der Waals surface area contributed by atoms with Gasteiger partial charge in [-0.05, 0) is 62.4 Å². The van der Waals surface area contributed by atoms with Crippen LogP contribution in [0.4, 0.5) is 5.69 Å². The second-order valence-electron chi connectivity index (χ2n) is 6.39. The van der Waals surface area contributed by atoms with Crippen molar-refractivity contribution in [1.29, 1.82) is 0 Å². The van der Waals surface area contributed by atoms with Gasteiger partial charge in [-0.25, -0.2) is 4.99 Å². The third kappa shape index (κ3) is 6.17. The molecular formula is C23H24N4O2. The minimum Gasteiger partial charge on any atom is -0.494 e. The van der Waals surface area contributed by atoms with E-state index in [0.717, 1.165) is 22.7 Å². The van der Waals surface area contributed by atoms with Gasteiger partial charge in [0.1, 0.15) is 5.75 Å². The number of amides is 1. The average Bonchev–Trinajstić information content (AvgIpc) is 2.75. The largest absolute Gasteiger partial charge is 0.494 e. The quantitative estimate of drug-likeness (QED) is 0.490. The number of nitrogens with one attached hydrogen (secondary N) is 2. The smallest absolute Gasteiger partial charge is 0.257 e. The lowest BCUT2D eigenvalue weighted by molar-refractivity contribution is 0.0977. The molecule has 0 aliphatic rings. The molecule has 1 amide bonds. The number of carbonyl (C=O) groups is 1. The Bertz CT molecular complexity index is 952. The van der Waals surface area contributed by atoms with Crippen LogP contribution in [0.15, 0.2) is 77.9 Å². The Labute approximate surface area is 170 Å². The number of nitrogens with zero attached hydrogens (tertiary/aromatic N) is 2. The molecule has 0 aliphatic heterocycles. The van der Waals surface area contributed by atoms with Gasteiger partial charge in [-0.3, -0.25) is 15.1 Å². The van der Waals surface area contributed by atoms with E-state index >= 15 is 0 Å². The van der Waals surface area contributed by atoms with E-state index in [9.17, 15) is 4.79 Å². The van der Waals surface area contributed by atoms with Gasteiger partial charge < -0.3 is 10.1 Å². The summed E-state index contributed by atoms with van der Waals surface area (Å²) in [5, 5.41) is 6.02. The third-order valence-electron chi connectivity index (χ3n) is 4.10. The van der Waals surface area contributed by atoms with Crippen molar-refractivity contribution >= 4 is 17.6 Å². The monoisotopic (exact) mass is 388 g/mol. The third-order valence-corrected chi connectivity index (χ3v) is 4.10. The number of aliphatic imine (C=N–C) groups is 1. The fraction of sp³-hybridized carbons (Fsp3) is 0.174. The summed E-state index contributed by atoms with van der Waals surface area (Å²) in [6.45, 7) is 4.87. The molecule has 0 aliphatic carbocycles. The van der Waals surface area contributed by atoms with Crippen molar-refractivity contribution in [3.63, 3.8) is 0 Å². The molecule has 3 aromatic rings. The Hall–Kier alpha value is -3.67. The number of aromatic nitrogens is 1. The maximum Gasteiger partial charge on any atom is 0.257 e. The summed E-state index contributed by atoms with van der Waals surface area (Å²) in [6, 6.07) is 20.5. The summed E-state index contributed by atoms with van der Waals surface area (Å²) in [6.07, 6.45) is 1.72. The zero-order chi connectivity index (χ0) is 20.5. The number of carbonyl (C=O) groups excluding carboxylic acids is 1. The topological polar surface area (TPSA) is 75.6 Å². The highest BCUT2D eigenvalue weighted by Gasteiger charge is 2.10. The lowest BCUT2D eigenvalue weighted by atomic mass is 10.2. The molecule has 0 saturated heterocycles. The van der Waals surface area contributed by atoms with Crippen molar-refractivity contribution < 1.29 is 9.53 Å². The number of guanidine groups is 1. The summed E-state index contributed by atoms with van der Waals surface area (Å²) in [5.74, 6) is 0.830. The maximum absolute atomic E-state index is 12.7. The first-order chi connectivity index (χ1) is 14.1. The summed E-state index contributed by atoms with van der Waals surface area (Å²) in [5.41, 5.74) is 3.32. The van der Waals surface area contributed by atoms with E-state index in [0.29, 0.717) is 24.7 Å². The van der Waals surface area contributed by atoms with E-state index in [4.69, 9.17) is 4.74 Å². The summed E-state index contributed by atoms with van der Waals surface area (Å²) in [4.78, 5) is 21.5. The molecule has 1 heterocycles. The van der Waals surface area contributed by atoms with Crippen molar-refractivity contribution in [3.05, 3.63) is 89.7 Å². The fourth-order valence-electron chi connectivity index (χ4n) is 2.58. The number of benzene rings is 2. The van der Waals surface area contributed by atoms with Gasteiger partial charge >= 0.3 is 0 Å². The van der Waals surface area contributed by atoms with Crippen molar-refractivity contribution in [2.45, 2.75) is 20.4 Å². The minimum absolute atomic E-state index is 0.257. The van der Waals surface area contributed by atoms with E-state index in [1.807, 2.05) is 56.3 Å². The van der Waals surface area contributed by atoms with Gasteiger partial charge in [0.2, 0.25) is 5.96 Å². The summed E-state index contributed by atoms with van der Waals surface area (Å²) >= 11 is 0. The van der Waals surface area contributed by atoms with E-state index in [1.165, 1.54) is 0 Å². The van der Waals surface area contributed by atoms with Gasteiger partial charge in [0.15, 0.2) is 0 Å². The van der Waals surface area contributed by atoms with Crippen molar-refractivity contribution in [3.8, 4) is 5.75 Å². The van der Waals surface area contributed by atoms with Gasteiger partial charge in [-0.1, -0.05) is 23.8 Å². The molecule has 29 heavy (non-hydrogen) atoms. The van der Waals surface area contributed by atoms with Crippen LogP contribution in [0.2, 0.25) is 0 Å². The molecule has 2 N–H and O–H groups in total. The molecule has 0 bridgehead atoms. The Balaban J connectivity index is 1.75. The Morgan fingerprint density at radius 3 is 2.45 bits per heavy atom. The molecule has 0 atom stereocenters. The van der Waals surface area contributed by atoms with Crippen LogP contribution < -0.4 is 15.4 Å². The Morgan fingerprint density at radius 2 is 1.79 bits per heavy atom. The van der Waals surface area contributed by atoms with Crippen LogP contribution in [-0.2, 0) is 6.54 Å². The number of ether oxygens (including phenoxy) is 1. The van der Waals surface area contributed by atoms with Gasteiger partial charge in [0, 0.05) is 17.4 Å². The van der Waals surface area contributed by atoms with Gasteiger partial charge in [0.25, 0.3) is 5.91 Å². The molecule has 6 heteroatoms. The lowest BCUT2D eigenvalue weighted by Crippen LogP contribution is -2.36. The average molecular weight is 388 g/mol. The molecular weight excluding hydrogens is 364 g/mol. The standard InChI is InChI=1S/C23H24N4O2/c1-3-29-21-13-9-18(10-14-21)22(28)27-23(25-16-20-6-4-5-15-24-20)26-19-11-7-17(2)8-12-19/h4-15H,3,16H2,1-2H3,(H2,25,26,27,28). The van der Waals surface area contributed by atoms with E-state index < -0.39 is 0 Å². The predicted octanol–water partition coefficient (Wildman–Crippen LogP) is 4.19. The van der Waals surface area contributed by atoms with Crippen LogP contribution in [0.3, 0.4) is 0 Å². The first kappa shape index (κ1) is 20.1. The zero-order valence-electron chi connectivity index (χ0n) is 16.6. The van der Waals surface area contributed by atoms with Crippen LogP contribution in [-0.4, -0.2) is 23.5 Å². The highest BCUT2D eigenvalue weighted by Crippen LogP contribution is 2.13. The predicted molar refractivity (Wildman–Crippen MR) is 115 cm³/mol. The van der Waals surface area contributed by atoms with Gasteiger partial charge in [-0.2, -0.15) is 0 Å². The second kappa shape index (κ2) is 10.0. The van der Waals surface area contributed by atoms with Gasteiger partial charge in [-0.15, -0.1) is 0 Å². The molecule has 148 valence electrons. The van der Waals surface area contributed by atoms with Crippen LogP contribution in [0.25, 0.3) is 0 Å². The Kier molecular flexibility index (Phi) is 6.95. The lowest BCUT2D eigenvalue weighted by Gasteiger charge is -2.12. The molecule has 0 unspecified atom stereocenters. The van der Waals surface area contributed by atoms with Crippen molar-refractivity contribution in [1.82, 2.24) is 10.3 Å². The molecule has 6 nitrogen and oxygen atoms in total. The normalized spacial score (nSPS) is 11.0. The zero-order valence-corrected chi connectivity index (χ0v) is 16.6. The Morgan fingerprint density at radius 1 is 1.03 bits per heavy atom. The van der Waals surface area contributed by atoms with E-state index in [-0.39, 0.29) is 5.91 Å². The molecule has 3 rings (SSSR count). The molecule has 1 aromatic heterocycles. The molecule has 0 spiro atoms. The number of pyridine rings is 1. The summed E-state index contributed by atoms with van der Waals surface area (Å²) in [7, 11) is 0. The molecule has 2 aromatic carbocycles. The number of hydrogen-bond acceptors (Lipinski definition) is 4. The maximum atomic E-state index is 12.7. The second-order valence-corrected chi connectivity index (χ2v) is 6.39. The SMILES string of the molecule is CCOc1ccc(C(=O)NC(=NCc2ccccn2)Nc2ccc(C)cc2)cc1. The summed E-state index contributed by atoms with van der Waals surface area (Å²) < 4.78 is 5.42. The first-order valence-corrected chi connectivity index (χ1v) is 9.46. The number of aryl methyl sites for hydroxylation is 1. The number of rotatable bonds is 6. The number of hydrogen-bond donors (Lipinski definition) is 2. The molecule has 0 saturated carbocycles. The van der Waals surface area contributed by atoms with Crippen LogP contribution in [0, 0.1) is 6.92 Å². The van der Waals surface area contributed by atoms with Crippen LogP contribution in [0.1, 0.15) is 28.5 Å². The van der Waals surface area contributed by atoms with E-state index in [2.05, 4.69) is 20.6 Å². The molecule has 0 fully saturated rings. The van der Waals surface area contributed by atoms with Gasteiger partial charge in [0.05, 0.1) is 18.8 Å². The fourth-order valence-corrected chi connectivity index (χ4v) is 2.58. The van der Waals surface area contributed by atoms with E-state index in [1.54, 1.807) is 30.5 Å². The number of anilines is 1. The highest BCUT2D eigenvalue weighted by atomic mass is 16.5.